The first-order valence-corrected chi connectivity index (χ1v) is 9.58. The van der Waals surface area contributed by atoms with Crippen molar-refractivity contribution in [2.75, 3.05) is 11.5 Å². The van der Waals surface area contributed by atoms with Crippen LogP contribution in [0, 0.1) is 5.82 Å². The van der Waals surface area contributed by atoms with E-state index in [-0.39, 0.29) is 35.7 Å². The molecular formula is C17H18FNO4S. The highest BCUT2D eigenvalue weighted by atomic mass is 32.2. The topological polar surface area (TPSA) is 76.4 Å². The summed E-state index contributed by atoms with van der Waals surface area (Å²) in [5.74, 6) is 0.575. The van der Waals surface area contributed by atoms with E-state index in [1.165, 1.54) is 6.07 Å². The second kappa shape index (κ2) is 6.76. The minimum absolute atomic E-state index is 0.0108. The van der Waals surface area contributed by atoms with E-state index in [9.17, 15) is 17.6 Å². The highest BCUT2D eigenvalue weighted by molar-refractivity contribution is 7.91. The third kappa shape index (κ3) is 4.03. The van der Waals surface area contributed by atoms with Crippen LogP contribution < -0.4 is 5.32 Å². The molecule has 128 valence electrons. The van der Waals surface area contributed by atoms with E-state index in [1.807, 2.05) is 0 Å². The summed E-state index contributed by atoms with van der Waals surface area (Å²) >= 11 is 0. The number of amides is 1. The van der Waals surface area contributed by atoms with Crippen molar-refractivity contribution in [3.8, 4) is 11.3 Å². The third-order valence-electron chi connectivity index (χ3n) is 4.00. The zero-order valence-corrected chi connectivity index (χ0v) is 13.8. The molecule has 1 aromatic heterocycles. The van der Waals surface area contributed by atoms with Crippen molar-refractivity contribution in [2.24, 2.45) is 0 Å². The SMILES string of the molecule is O=C(CCc1ccc(-c2ccccc2F)o1)N[C@H]1CCS(=O)(=O)C1. The van der Waals surface area contributed by atoms with E-state index >= 15 is 0 Å². The Morgan fingerprint density at radius 3 is 2.75 bits per heavy atom. The lowest BCUT2D eigenvalue weighted by atomic mass is 10.1. The molecule has 1 fully saturated rings. The van der Waals surface area contributed by atoms with Crippen molar-refractivity contribution in [1.82, 2.24) is 5.32 Å². The molecule has 0 bridgehead atoms. The maximum Gasteiger partial charge on any atom is 0.220 e. The minimum Gasteiger partial charge on any atom is -0.461 e. The Balaban J connectivity index is 1.54. The van der Waals surface area contributed by atoms with Gasteiger partial charge in [0.1, 0.15) is 17.3 Å². The molecule has 2 aromatic rings. The lowest BCUT2D eigenvalue weighted by Crippen LogP contribution is -2.35. The van der Waals surface area contributed by atoms with Crippen molar-refractivity contribution in [3.05, 3.63) is 48.0 Å². The average Bonchev–Trinajstić information content (AvgIpc) is 3.12. The molecule has 7 heteroatoms. The Morgan fingerprint density at radius 1 is 1.25 bits per heavy atom. The highest BCUT2D eigenvalue weighted by Gasteiger charge is 2.28. The number of benzene rings is 1. The maximum atomic E-state index is 13.7. The molecule has 5 nitrogen and oxygen atoms in total. The average molecular weight is 351 g/mol. The summed E-state index contributed by atoms with van der Waals surface area (Å²) < 4.78 is 42.0. The summed E-state index contributed by atoms with van der Waals surface area (Å²) in [6.07, 6.45) is 1.03. The van der Waals surface area contributed by atoms with Gasteiger partial charge in [0.15, 0.2) is 9.84 Å². The van der Waals surface area contributed by atoms with Gasteiger partial charge in [0.05, 0.1) is 17.1 Å². The number of nitrogens with one attached hydrogen (secondary N) is 1. The summed E-state index contributed by atoms with van der Waals surface area (Å²) in [7, 11) is -3.01. The van der Waals surface area contributed by atoms with Crippen LogP contribution in [0.15, 0.2) is 40.8 Å². The molecule has 0 radical (unpaired) electrons. The number of furan rings is 1. The standard InChI is InChI=1S/C17H18FNO4S/c18-15-4-2-1-3-14(15)16-7-5-13(23-16)6-8-17(20)19-12-9-10-24(21,22)11-12/h1-5,7,12H,6,8-11H2,(H,19,20)/t12-/m0/s1. The number of halogens is 1. The van der Waals surface area contributed by atoms with Gasteiger partial charge < -0.3 is 9.73 Å². The van der Waals surface area contributed by atoms with E-state index in [1.54, 1.807) is 30.3 Å². The molecule has 0 aliphatic carbocycles. The van der Waals surface area contributed by atoms with Crippen LogP contribution in [0.2, 0.25) is 0 Å². The molecule has 0 spiro atoms. The first kappa shape index (κ1) is 16.7. The van der Waals surface area contributed by atoms with Gasteiger partial charge in [-0.2, -0.15) is 0 Å². The number of carbonyl (C=O) groups is 1. The summed E-state index contributed by atoms with van der Waals surface area (Å²) in [4.78, 5) is 11.9. The van der Waals surface area contributed by atoms with E-state index in [2.05, 4.69) is 5.32 Å². The van der Waals surface area contributed by atoms with Crippen LogP contribution in [0.5, 0.6) is 0 Å². The lowest BCUT2D eigenvalue weighted by Gasteiger charge is -2.10. The summed E-state index contributed by atoms with van der Waals surface area (Å²) in [6, 6.07) is 9.42. The number of sulfone groups is 1. The van der Waals surface area contributed by atoms with Gasteiger partial charge in [-0.15, -0.1) is 0 Å². The van der Waals surface area contributed by atoms with Crippen molar-refractivity contribution in [3.63, 3.8) is 0 Å². The normalized spacial score (nSPS) is 19.3. The summed E-state index contributed by atoms with van der Waals surface area (Å²) in [5, 5.41) is 2.73. The molecule has 2 heterocycles. The molecule has 1 aromatic carbocycles. The van der Waals surface area contributed by atoms with Gasteiger partial charge in [0.2, 0.25) is 5.91 Å². The van der Waals surface area contributed by atoms with Crippen LogP contribution in [0.4, 0.5) is 4.39 Å². The molecule has 0 saturated carbocycles. The molecule has 1 aliphatic heterocycles. The number of aryl methyl sites for hydroxylation is 1. The maximum absolute atomic E-state index is 13.7. The fourth-order valence-electron chi connectivity index (χ4n) is 2.76. The predicted molar refractivity (Wildman–Crippen MR) is 87.6 cm³/mol. The number of rotatable bonds is 5. The molecular weight excluding hydrogens is 333 g/mol. The Labute approximate surface area is 139 Å². The first-order chi connectivity index (χ1) is 11.4. The van der Waals surface area contributed by atoms with Gasteiger partial charge in [-0.3, -0.25) is 4.79 Å². The second-order valence-electron chi connectivity index (χ2n) is 5.91. The van der Waals surface area contributed by atoms with Gasteiger partial charge in [0, 0.05) is 18.9 Å². The quantitative estimate of drug-likeness (QED) is 0.897. The highest BCUT2D eigenvalue weighted by Crippen LogP contribution is 2.25. The monoisotopic (exact) mass is 351 g/mol. The fraction of sp³-hybridized carbons (Fsp3) is 0.353. The van der Waals surface area contributed by atoms with Crippen LogP contribution in [0.1, 0.15) is 18.6 Å². The largest absolute Gasteiger partial charge is 0.461 e. The molecule has 24 heavy (non-hydrogen) atoms. The molecule has 1 aliphatic rings. The van der Waals surface area contributed by atoms with Gasteiger partial charge in [-0.05, 0) is 30.7 Å². The summed E-state index contributed by atoms with van der Waals surface area (Å²) in [6.45, 7) is 0. The van der Waals surface area contributed by atoms with Crippen molar-refractivity contribution in [2.45, 2.75) is 25.3 Å². The Morgan fingerprint density at radius 2 is 2.04 bits per heavy atom. The van der Waals surface area contributed by atoms with E-state index in [0.717, 1.165) is 0 Å². The second-order valence-corrected chi connectivity index (χ2v) is 8.14. The van der Waals surface area contributed by atoms with Crippen LogP contribution >= 0.6 is 0 Å². The number of hydrogen-bond donors (Lipinski definition) is 1. The molecule has 0 unspecified atom stereocenters. The fourth-order valence-corrected chi connectivity index (χ4v) is 4.44. The molecule has 1 saturated heterocycles. The third-order valence-corrected chi connectivity index (χ3v) is 5.76. The van der Waals surface area contributed by atoms with Crippen molar-refractivity contribution >= 4 is 15.7 Å². The number of carbonyl (C=O) groups excluding carboxylic acids is 1. The molecule has 3 rings (SSSR count). The Bertz CT molecular complexity index is 844. The van der Waals surface area contributed by atoms with Crippen LogP contribution in [0.25, 0.3) is 11.3 Å². The Hall–Kier alpha value is -2.15. The smallest absolute Gasteiger partial charge is 0.220 e. The zero-order chi connectivity index (χ0) is 17.2. The van der Waals surface area contributed by atoms with Gasteiger partial charge in [-0.1, -0.05) is 12.1 Å². The van der Waals surface area contributed by atoms with E-state index in [4.69, 9.17) is 4.42 Å². The van der Waals surface area contributed by atoms with E-state index in [0.29, 0.717) is 29.9 Å². The molecule has 1 atom stereocenters. The Kier molecular flexibility index (Phi) is 4.71. The van der Waals surface area contributed by atoms with Gasteiger partial charge in [-0.25, -0.2) is 12.8 Å². The number of hydrogen-bond acceptors (Lipinski definition) is 4. The predicted octanol–water partition coefficient (Wildman–Crippen LogP) is 2.32. The van der Waals surface area contributed by atoms with Crippen LogP contribution in [-0.4, -0.2) is 31.9 Å². The molecule has 1 N–H and O–H groups in total. The van der Waals surface area contributed by atoms with Gasteiger partial charge in [0.25, 0.3) is 0 Å². The first-order valence-electron chi connectivity index (χ1n) is 7.76. The van der Waals surface area contributed by atoms with Crippen molar-refractivity contribution < 1.29 is 22.0 Å². The van der Waals surface area contributed by atoms with Crippen LogP contribution in [-0.2, 0) is 21.1 Å². The minimum atomic E-state index is -3.01. The van der Waals surface area contributed by atoms with E-state index < -0.39 is 9.84 Å². The van der Waals surface area contributed by atoms with Crippen LogP contribution in [0.3, 0.4) is 0 Å². The summed E-state index contributed by atoms with van der Waals surface area (Å²) in [5.41, 5.74) is 0.379. The molecule has 1 amide bonds. The van der Waals surface area contributed by atoms with Gasteiger partial charge >= 0.3 is 0 Å². The lowest BCUT2D eigenvalue weighted by molar-refractivity contribution is -0.121. The van der Waals surface area contributed by atoms with Crippen molar-refractivity contribution in [1.29, 1.82) is 0 Å². The zero-order valence-electron chi connectivity index (χ0n) is 13.0.